The number of hydrogen-bond acceptors (Lipinski definition) is 2. The third-order valence-corrected chi connectivity index (χ3v) is 4.20. The van der Waals surface area contributed by atoms with Crippen LogP contribution in [0, 0.1) is 0 Å². The van der Waals surface area contributed by atoms with Gasteiger partial charge in [0.1, 0.15) is 0 Å². The van der Waals surface area contributed by atoms with Crippen molar-refractivity contribution in [3.8, 4) is 0 Å². The van der Waals surface area contributed by atoms with Crippen LogP contribution in [0.2, 0.25) is 0 Å². The third kappa shape index (κ3) is 4.81. The van der Waals surface area contributed by atoms with Crippen LogP contribution in [0.5, 0.6) is 0 Å². The summed E-state index contributed by atoms with van der Waals surface area (Å²) in [6.45, 7) is 3.52. The minimum Gasteiger partial charge on any atom is -0.382 e. The Morgan fingerprint density at radius 3 is 2.95 bits per heavy atom. The zero-order valence-corrected chi connectivity index (χ0v) is 12.6. The molecule has 1 aromatic rings. The summed E-state index contributed by atoms with van der Waals surface area (Å²) in [7, 11) is 0. The number of halogens is 1. The highest BCUT2D eigenvalue weighted by molar-refractivity contribution is 6.20. The molecule has 0 aromatic carbocycles. The molecule has 1 aromatic heterocycles. The first kappa shape index (κ1) is 14.9. The Bertz CT molecular complexity index is 361. The Kier molecular flexibility index (Phi) is 6.18. The highest BCUT2D eigenvalue weighted by Gasteiger charge is 2.16. The summed E-state index contributed by atoms with van der Waals surface area (Å²) in [5, 5.41) is 4.82. The summed E-state index contributed by atoms with van der Waals surface area (Å²) in [6, 6.07) is 2.73. The van der Waals surface area contributed by atoms with Crippen LogP contribution < -0.4 is 0 Å². The van der Waals surface area contributed by atoms with Crippen LogP contribution in [-0.2, 0) is 11.2 Å². The molecule has 0 saturated heterocycles. The van der Waals surface area contributed by atoms with Crippen molar-refractivity contribution in [2.24, 2.45) is 0 Å². The lowest BCUT2D eigenvalue weighted by Gasteiger charge is -2.21. The molecule has 19 heavy (non-hydrogen) atoms. The Labute approximate surface area is 121 Å². The summed E-state index contributed by atoms with van der Waals surface area (Å²) in [4.78, 5) is 0. The van der Waals surface area contributed by atoms with E-state index in [4.69, 9.17) is 21.4 Å². The average Bonchev–Trinajstić information content (AvgIpc) is 2.88. The van der Waals surface area contributed by atoms with Gasteiger partial charge in [0.2, 0.25) is 0 Å². The van der Waals surface area contributed by atoms with Crippen LogP contribution in [0.1, 0.15) is 57.2 Å². The van der Waals surface area contributed by atoms with Gasteiger partial charge in [-0.2, -0.15) is 5.10 Å². The van der Waals surface area contributed by atoms with E-state index in [0.717, 1.165) is 31.7 Å². The maximum atomic E-state index is 6.32. The molecule has 1 aliphatic rings. The largest absolute Gasteiger partial charge is 0.382 e. The molecule has 1 heterocycles. The van der Waals surface area contributed by atoms with Crippen LogP contribution in [0.3, 0.4) is 0 Å². The summed E-state index contributed by atoms with van der Waals surface area (Å²) < 4.78 is 7.49. The topological polar surface area (TPSA) is 27.1 Å². The third-order valence-electron chi connectivity index (χ3n) is 3.82. The standard InChI is InChI=1S/C15H25ClN2O/c1-2-19-11-9-13(16)12-14-8-10-18(17-14)15-6-4-3-5-7-15/h8,10,13,15H,2-7,9,11-12H2,1H3. The van der Waals surface area contributed by atoms with Gasteiger partial charge in [0, 0.05) is 31.2 Å². The summed E-state index contributed by atoms with van der Waals surface area (Å²) >= 11 is 6.32. The predicted molar refractivity (Wildman–Crippen MR) is 78.8 cm³/mol. The lowest BCUT2D eigenvalue weighted by atomic mass is 9.96. The second-order valence-corrected chi connectivity index (χ2v) is 5.98. The van der Waals surface area contributed by atoms with Crippen molar-refractivity contribution in [3.05, 3.63) is 18.0 Å². The number of ether oxygens (including phenoxy) is 1. The van der Waals surface area contributed by atoms with Gasteiger partial charge in [0.15, 0.2) is 0 Å². The number of nitrogens with zero attached hydrogens (tertiary/aromatic N) is 2. The van der Waals surface area contributed by atoms with E-state index in [1.165, 1.54) is 32.1 Å². The number of aromatic nitrogens is 2. The molecule has 0 radical (unpaired) electrons. The molecule has 0 bridgehead atoms. The lowest BCUT2D eigenvalue weighted by Crippen LogP contribution is -2.14. The molecule has 0 amide bonds. The Morgan fingerprint density at radius 1 is 1.42 bits per heavy atom. The first-order chi connectivity index (χ1) is 9.29. The van der Waals surface area contributed by atoms with Gasteiger partial charge in [-0.05, 0) is 32.3 Å². The first-order valence-electron chi connectivity index (χ1n) is 7.55. The molecule has 0 N–H and O–H groups in total. The molecule has 0 spiro atoms. The van der Waals surface area contributed by atoms with Gasteiger partial charge < -0.3 is 4.74 Å². The molecule has 1 saturated carbocycles. The molecule has 2 rings (SSSR count). The normalized spacial score (nSPS) is 18.6. The van der Waals surface area contributed by atoms with Gasteiger partial charge in [-0.1, -0.05) is 19.3 Å². The summed E-state index contributed by atoms with van der Waals surface area (Å²) in [5.74, 6) is 0. The first-order valence-corrected chi connectivity index (χ1v) is 7.99. The van der Waals surface area contributed by atoms with Crippen molar-refractivity contribution in [2.45, 2.75) is 63.3 Å². The number of alkyl halides is 1. The quantitative estimate of drug-likeness (QED) is 0.560. The molecule has 0 aliphatic heterocycles. The fourth-order valence-electron chi connectivity index (χ4n) is 2.72. The van der Waals surface area contributed by atoms with E-state index < -0.39 is 0 Å². The van der Waals surface area contributed by atoms with Gasteiger partial charge in [0.25, 0.3) is 0 Å². The van der Waals surface area contributed by atoms with Crippen molar-refractivity contribution in [1.82, 2.24) is 9.78 Å². The molecule has 3 nitrogen and oxygen atoms in total. The molecule has 4 heteroatoms. The zero-order valence-electron chi connectivity index (χ0n) is 11.9. The van der Waals surface area contributed by atoms with E-state index >= 15 is 0 Å². The van der Waals surface area contributed by atoms with E-state index in [0.29, 0.717) is 6.04 Å². The maximum Gasteiger partial charge on any atom is 0.0639 e. The second kappa shape index (κ2) is 7.91. The minimum atomic E-state index is 0.126. The molecular weight excluding hydrogens is 260 g/mol. The van der Waals surface area contributed by atoms with Crippen molar-refractivity contribution in [2.75, 3.05) is 13.2 Å². The van der Waals surface area contributed by atoms with Crippen molar-refractivity contribution < 1.29 is 4.74 Å². The van der Waals surface area contributed by atoms with Crippen molar-refractivity contribution >= 4 is 11.6 Å². The number of rotatable bonds is 7. The van der Waals surface area contributed by atoms with E-state index in [1.54, 1.807) is 0 Å². The van der Waals surface area contributed by atoms with Gasteiger partial charge in [-0.25, -0.2) is 0 Å². The molecule has 1 unspecified atom stereocenters. The molecule has 1 atom stereocenters. The van der Waals surface area contributed by atoms with Crippen LogP contribution in [0.4, 0.5) is 0 Å². The Balaban J connectivity index is 1.79. The second-order valence-electron chi connectivity index (χ2n) is 5.37. The van der Waals surface area contributed by atoms with E-state index in [-0.39, 0.29) is 5.38 Å². The van der Waals surface area contributed by atoms with E-state index in [1.807, 2.05) is 6.92 Å². The maximum absolute atomic E-state index is 6.32. The lowest BCUT2D eigenvalue weighted by molar-refractivity contribution is 0.144. The van der Waals surface area contributed by atoms with Crippen molar-refractivity contribution in [1.29, 1.82) is 0 Å². The highest BCUT2D eigenvalue weighted by atomic mass is 35.5. The summed E-state index contributed by atoms with van der Waals surface area (Å²) in [6.07, 6.45) is 10.5. The SMILES string of the molecule is CCOCCC(Cl)Cc1ccn(C2CCCCC2)n1. The smallest absolute Gasteiger partial charge is 0.0639 e. The molecular formula is C15H25ClN2O. The Hall–Kier alpha value is -0.540. The molecule has 108 valence electrons. The highest BCUT2D eigenvalue weighted by Crippen LogP contribution is 2.27. The van der Waals surface area contributed by atoms with Gasteiger partial charge in [-0.3, -0.25) is 4.68 Å². The van der Waals surface area contributed by atoms with Crippen LogP contribution in [0.15, 0.2) is 12.3 Å². The van der Waals surface area contributed by atoms with Crippen LogP contribution in [0.25, 0.3) is 0 Å². The predicted octanol–water partition coefficient (Wildman–Crippen LogP) is 3.96. The van der Waals surface area contributed by atoms with Crippen LogP contribution >= 0.6 is 11.6 Å². The van der Waals surface area contributed by atoms with Crippen LogP contribution in [-0.4, -0.2) is 28.4 Å². The minimum absolute atomic E-state index is 0.126. The van der Waals surface area contributed by atoms with E-state index in [9.17, 15) is 0 Å². The molecule has 1 aliphatic carbocycles. The zero-order chi connectivity index (χ0) is 13.5. The number of hydrogen-bond donors (Lipinski definition) is 0. The Morgan fingerprint density at radius 2 is 2.21 bits per heavy atom. The fraction of sp³-hybridized carbons (Fsp3) is 0.800. The van der Waals surface area contributed by atoms with Gasteiger partial charge in [-0.15, -0.1) is 11.6 Å². The van der Waals surface area contributed by atoms with Crippen molar-refractivity contribution in [3.63, 3.8) is 0 Å². The summed E-state index contributed by atoms with van der Waals surface area (Å²) in [5.41, 5.74) is 1.11. The molecule has 1 fully saturated rings. The van der Waals surface area contributed by atoms with E-state index in [2.05, 4.69) is 16.9 Å². The average molecular weight is 285 g/mol. The van der Waals surface area contributed by atoms with Gasteiger partial charge in [0.05, 0.1) is 11.7 Å². The monoisotopic (exact) mass is 284 g/mol. The fourth-order valence-corrected chi connectivity index (χ4v) is 2.97. The van der Waals surface area contributed by atoms with Gasteiger partial charge >= 0.3 is 0 Å².